The Balaban J connectivity index is 1.50. The van der Waals surface area contributed by atoms with Crippen LogP contribution in [0.1, 0.15) is 10.5 Å². The highest BCUT2D eigenvalue weighted by molar-refractivity contribution is 6.04. The number of anilines is 2. The summed E-state index contributed by atoms with van der Waals surface area (Å²) in [6.45, 7) is -0.0635. The van der Waals surface area contributed by atoms with Crippen LogP contribution in [-0.2, 0) is 4.79 Å². The summed E-state index contributed by atoms with van der Waals surface area (Å²) in [6.07, 6.45) is 0. The van der Waals surface area contributed by atoms with Gasteiger partial charge in [0.1, 0.15) is 17.3 Å². The predicted octanol–water partition coefficient (Wildman–Crippen LogP) is 2.80. The summed E-state index contributed by atoms with van der Waals surface area (Å²) in [7, 11) is 0. The first-order valence-corrected chi connectivity index (χ1v) is 7.78. The lowest BCUT2D eigenvalue weighted by Gasteiger charge is -2.18. The number of carbonyl (C=O) groups is 2. The molecule has 0 bridgehead atoms. The quantitative estimate of drug-likeness (QED) is 0.675. The minimum absolute atomic E-state index is 0.0635. The summed E-state index contributed by atoms with van der Waals surface area (Å²) < 4.78 is 18.3. The number of aromatic nitrogens is 2. The Morgan fingerprint density at radius 1 is 1.15 bits per heavy atom. The summed E-state index contributed by atoms with van der Waals surface area (Å²) in [6, 6.07) is 12.3. The second kappa shape index (κ2) is 6.32. The summed E-state index contributed by atoms with van der Waals surface area (Å²) >= 11 is 0. The van der Waals surface area contributed by atoms with Crippen molar-refractivity contribution in [2.45, 2.75) is 0 Å². The molecule has 1 aliphatic rings. The summed E-state index contributed by atoms with van der Waals surface area (Å²) in [5, 5.41) is 12.1. The van der Waals surface area contributed by atoms with Gasteiger partial charge in [0.05, 0.1) is 11.4 Å². The number of ether oxygens (including phenoxy) is 1. The number of nitrogens with zero attached hydrogens (tertiary/aromatic N) is 1. The van der Waals surface area contributed by atoms with Crippen LogP contribution in [0.2, 0.25) is 0 Å². The van der Waals surface area contributed by atoms with Gasteiger partial charge in [0.25, 0.3) is 11.8 Å². The van der Waals surface area contributed by atoms with E-state index in [-0.39, 0.29) is 29.9 Å². The maximum atomic E-state index is 13.0. The van der Waals surface area contributed by atoms with Gasteiger partial charge in [-0.1, -0.05) is 0 Å². The standard InChI is InChI=1S/C18H13FN4O3/c19-11-3-1-10(2-4-11)14-8-15(23-22-14)18(25)20-12-5-6-13-16(7-12)26-9-17(24)21-13/h1-8H,9H2,(H,20,25)(H,21,24)(H,22,23). The van der Waals surface area contributed by atoms with Gasteiger partial charge in [0.15, 0.2) is 6.61 Å². The highest BCUT2D eigenvalue weighted by Crippen LogP contribution is 2.30. The molecule has 4 rings (SSSR count). The molecule has 8 heteroatoms. The van der Waals surface area contributed by atoms with Crippen LogP contribution >= 0.6 is 0 Å². The minimum atomic E-state index is -0.384. The number of nitrogens with one attached hydrogen (secondary N) is 3. The van der Waals surface area contributed by atoms with Crippen molar-refractivity contribution in [1.29, 1.82) is 0 Å². The van der Waals surface area contributed by atoms with E-state index in [2.05, 4.69) is 20.8 Å². The van der Waals surface area contributed by atoms with Crippen molar-refractivity contribution in [2.24, 2.45) is 0 Å². The van der Waals surface area contributed by atoms with Crippen LogP contribution in [0.15, 0.2) is 48.5 Å². The molecule has 7 nitrogen and oxygen atoms in total. The molecule has 3 N–H and O–H groups in total. The van der Waals surface area contributed by atoms with E-state index >= 15 is 0 Å². The van der Waals surface area contributed by atoms with Crippen LogP contribution in [0.25, 0.3) is 11.3 Å². The number of fused-ring (bicyclic) bond motifs is 1. The molecule has 0 aliphatic carbocycles. The molecular formula is C18H13FN4O3. The Kier molecular flexibility index (Phi) is 3.85. The van der Waals surface area contributed by atoms with Gasteiger partial charge in [0, 0.05) is 17.3 Å². The molecule has 1 aromatic heterocycles. The topological polar surface area (TPSA) is 96.1 Å². The average molecular weight is 352 g/mol. The van der Waals surface area contributed by atoms with Crippen LogP contribution < -0.4 is 15.4 Å². The Morgan fingerprint density at radius 2 is 1.96 bits per heavy atom. The summed E-state index contributed by atoms with van der Waals surface area (Å²) in [4.78, 5) is 23.7. The van der Waals surface area contributed by atoms with Crippen LogP contribution in [0.3, 0.4) is 0 Å². The Bertz CT molecular complexity index is 998. The molecule has 2 amide bonds. The Morgan fingerprint density at radius 3 is 2.77 bits per heavy atom. The van der Waals surface area contributed by atoms with Gasteiger partial charge in [-0.25, -0.2) is 4.39 Å². The van der Waals surface area contributed by atoms with Crippen LogP contribution in [0.4, 0.5) is 15.8 Å². The van der Waals surface area contributed by atoms with Gasteiger partial charge in [-0.15, -0.1) is 0 Å². The molecule has 0 unspecified atom stereocenters. The molecule has 2 aromatic carbocycles. The van der Waals surface area contributed by atoms with Crippen molar-refractivity contribution < 1.29 is 18.7 Å². The molecule has 0 fully saturated rings. The van der Waals surface area contributed by atoms with E-state index in [1.165, 1.54) is 12.1 Å². The lowest BCUT2D eigenvalue weighted by Crippen LogP contribution is -2.25. The lowest BCUT2D eigenvalue weighted by atomic mass is 10.1. The van der Waals surface area contributed by atoms with Gasteiger partial charge in [0.2, 0.25) is 0 Å². The normalized spacial score (nSPS) is 12.7. The molecule has 0 saturated heterocycles. The number of amides is 2. The zero-order valence-electron chi connectivity index (χ0n) is 13.4. The Hall–Kier alpha value is -3.68. The first-order valence-electron chi connectivity index (χ1n) is 7.78. The van der Waals surface area contributed by atoms with Gasteiger partial charge >= 0.3 is 0 Å². The first kappa shape index (κ1) is 15.8. The van der Waals surface area contributed by atoms with Gasteiger partial charge in [-0.3, -0.25) is 14.7 Å². The third-order valence-electron chi connectivity index (χ3n) is 3.83. The first-order chi connectivity index (χ1) is 12.6. The fourth-order valence-corrected chi connectivity index (χ4v) is 2.56. The molecule has 0 atom stereocenters. The average Bonchev–Trinajstić information content (AvgIpc) is 3.13. The molecule has 0 saturated carbocycles. The van der Waals surface area contributed by atoms with Crippen molar-refractivity contribution in [2.75, 3.05) is 17.2 Å². The van der Waals surface area contributed by atoms with Crippen molar-refractivity contribution in [1.82, 2.24) is 10.2 Å². The van der Waals surface area contributed by atoms with Crippen molar-refractivity contribution in [3.05, 3.63) is 60.0 Å². The number of halogens is 1. The van der Waals surface area contributed by atoms with Crippen LogP contribution in [0, 0.1) is 5.82 Å². The van der Waals surface area contributed by atoms with E-state index < -0.39 is 0 Å². The molecule has 0 spiro atoms. The van der Waals surface area contributed by atoms with E-state index in [0.29, 0.717) is 28.4 Å². The maximum Gasteiger partial charge on any atom is 0.273 e. The smallest absolute Gasteiger partial charge is 0.273 e. The highest BCUT2D eigenvalue weighted by Gasteiger charge is 2.17. The van der Waals surface area contributed by atoms with Gasteiger partial charge in [-0.2, -0.15) is 5.10 Å². The monoisotopic (exact) mass is 352 g/mol. The molecule has 130 valence electrons. The number of rotatable bonds is 3. The third-order valence-corrected chi connectivity index (χ3v) is 3.83. The molecular weight excluding hydrogens is 339 g/mol. The molecule has 1 aliphatic heterocycles. The highest BCUT2D eigenvalue weighted by atomic mass is 19.1. The molecule has 2 heterocycles. The number of H-pyrrole nitrogens is 1. The molecule has 26 heavy (non-hydrogen) atoms. The minimum Gasteiger partial charge on any atom is -0.482 e. The van der Waals surface area contributed by atoms with Crippen LogP contribution in [-0.4, -0.2) is 28.6 Å². The number of hydrogen-bond donors (Lipinski definition) is 3. The second-order valence-electron chi connectivity index (χ2n) is 5.68. The van der Waals surface area contributed by atoms with E-state index in [4.69, 9.17) is 4.74 Å². The zero-order valence-corrected chi connectivity index (χ0v) is 13.4. The number of benzene rings is 2. The van der Waals surface area contributed by atoms with E-state index in [1.807, 2.05) is 0 Å². The van der Waals surface area contributed by atoms with E-state index in [1.54, 1.807) is 36.4 Å². The summed E-state index contributed by atoms with van der Waals surface area (Å²) in [5.74, 6) is -0.460. The van der Waals surface area contributed by atoms with Gasteiger partial charge in [-0.05, 0) is 42.5 Å². The third kappa shape index (κ3) is 3.12. The van der Waals surface area contributed by atoms with Crippen LogP contribution in [0.5, 0.6) is 5.75 Å². The number of aromatic amines is 1. The SMILES string of the molecule is O=C1COc2cc(NC(=O)c3cc(-c4ccc(F)cc4)n[nH]3)ccc2N1. The number of carbonyl (C=O) groups excluding carboxylic acids is 2. The van der Waals surface area contributed by atoms with Gasteiger partial charge < -0.3 is 15.4 Å². The summed E-state index contributed by atoms with van der Waals surface area (Å²) in [5.41, 5.74) is 2.56. The Labute approximate surface area is 147 Å². The number of hydrogen-bond acceptors (Lipinski definition) is 4. The fraction of sp³-hybridized carbons (Fsp3) is 0.0556. The van der Waals surface area contributed by atoms with E-state index in [0.717, 1.165) is 0 Å². The van der Waals surface area contributed by atoms with E-state index in [9.17, 15) is 14.0 Å². The largest absolute Gasteiger partial charge is 0.482 e. The lowest BCUT2D eigenvalue weighted by molar-refractivity contribution is -0.118. The maximum absolute atomic E-state index is 13.0. The molecule has 3 aromatic rings. The second-order valence-corrected chi connectivity index (χ2v) is 5.68. The molecule has 0 radical (unpaired) electrons. The van der Waals surface area contributed by atoms with Crippen molar-refractivity contribution in [3.63, 3.8) is 0 Å². The van der Waals surface area contributed by atoms with Crippen molar-refractivity contribution >= 4 is 23.2 Å². The predicted molar refractivity (Wildman–Crippen MR) is 92.5 cm³/mol. The fourth-order valence-electron chi connectivity index (χ4n) is 2.56. The zero-order chi connectivity index (χ0) is 18.1. The van der Waals surface area contributed by atoms with Crippen molar-refractivity contribution in [3.8, 4) is 17.0 Å².